The van der Waals surface area contributed by atoms with Crippen molar-refractivity contribution in [2.75, 3.05) is 45.7 Å². The molecule has 51 heavy (non-hydrogen) atoms. The van der Waals surface area contributed by atoms with Crippen LogP contribution in [0.1, 0.15) is 84.8 Å². The summed E-state index contributed by atoms with van der Waals surface area (Å²) in [6.07, 6.45) is 4.80. The lowest BCUT2D eigenvalue weighted by Gasteiger charge is -2.16. The molecule has 0 radical (unpaired) electrons. The van der Waals surface area contributed by atoms with Crippen LogP contribution < -0.4 is 19.9 Å². The zero-order chi connectivity index (χ0) is 37.2. The first-order chi connectivity index (χ1) is 24.5. The maximum atomic E-state index is 12.3. The van der Waals surface area contributed by atoms with Gasteiger partial charge in [0, 0.05) is 6.42 Å². The van der Waals surface area contributed by atoms with Gasteiger partial charge in [-0.05, 0) is 44.6 Å². The Morgan fingerprint density at radius 1 is 0.941 bits per heavy atom. The van der Waals surface area contributed by atoms with Crippen LogP contribution in [0, 0.1) is 0 Å². The van der Waals surface area contributed by atoms with Crippen molar-refractivity contribution >= 4 is 33.2 Å². The molecule has 286 valence electrons. The number of rotatable bonds is 21. The fourth-order valence-electron chi connectivity index (χ4n) is 5.57. The third-order valence-corrected chi connectivity index (χ3v) is 9.52. The number of nitrogens with two attached hydrogens (primary N) is 1. The van der Waals surface area contributed by atoms with E-state index in [-0.39, 0.29) is 23.4 Å². The van der Waals surface area contributed by atoms with Crippen molar-refractivity contribution in [2.45, 2.75) is 103 Å². The Morgan fingerprint density at radius 2 is 1.57 bits per heavy atom. The number of carbonyl (C=O) groups excluding carboxylic acids is 1. The molecule has 1 aromatic carbocycles. The summed E-state index contributed by atoms with van der Waals surface area (Å²) in [7, 11) is -2.83. The lowest BCUT2D eigenvalue weighted by atomic mass is 10.1. The van der Waals surface area contributed by atoms with Gasteiger partial charge in [0.05, 0.1) is 26.7 Å². The maximum Gasteiger partial charge on any atom is 0.362 e. The Morgan fingerprint density at radius 3 is 2.20 bits per heavy atom. The fourth-order valence-corrected chi connectivity index (χ4v) is 6.32. The fraction of sp³-hybridized carbons (Fsp3) is 0.647. The first kappa shape index (κ1) is 41.8. The number of nitrogens with zero attached hydrogens (tertiary/aromatic N) is 5. The number of amides is 1. The molecule has 3 heterocycles. The van der Waals surface area contributed by atoms with E-state index in [0.29, 0.717) is 13.0 Å². The molecule has 1 amide bonds. The summed E-state index contributed by atoms with van der Waals surface area (Å²) in [4.78, 5) is 26.6. The van der Waals surface area contributed by atoms with Crippen molar-refractivity contribution in [1.82, 2.24) is 29.1 Å². The van der Waals surface area contributed by atoms with E-state index in [1.807, 2.05) is 29.0 Å². The van der Waals surface area contributed by atoms with Crippen LogP contribution in [0.15, 0.2) is 36.9 Å². The van der Waals surface area contributed by atoms with Crippen molar-refractivity contribution in [1.29, 1.82) is 0 Å². The van der Waals surface area contributed by atoms with Crippen molar-refractivity contribution in [3.05, 3.63) is 36.9 Å². The molecular formula is C34H55N7O9S. The van der Waals surface area contributed by atoms with Crippen LogP contribution in [-0.4, -0.2) is 107 Å². The highest BCUT2D eigenvalue weighted by Gasteiger charge is 2.45. The van der Waals surface area contributed by atoms with E-state index in [1.165, 1.54) is 36.9 Å². The molecule has 1 aliphatic heterocycles. The van der Waals surface area contributed by atoms with Crippen LogP contribution in [0.5, 0.6) is 11.5 Å². The van der Waals surface area contributed by atoms with E-state index >= 15 is 0 Å². The molecule has 0 aliphatic carbocycles. The van der Waals surface area contributed by atoms with Gasteiger partial charge >= 0.3 is 10.3 Å². The molecular weight excluding hydrogens is 682 g/mol. The van der Waals surface area contributed by atoms with Crippen LogP contribution in [-0.2, 0) is 24.0 Å². The minimum Gasteiger partial charge on any atom is -0.493 e. The smallest absolute Gasteiger partial charge is 0.362 e. The molecule has 5 N–H and O–H groups in total. The van der Waals surface area contributed by atoms with Crippen molar-refractivity contribution in [3.8, 4) is 11.5 Å². The number of aromatic nitrogens is 4. The van der Waals surface area contributed by atoms with Crippen LogP contribution in [0.3, 0.4) is 0 Å². The second-order valence-corrected chi connectivity index (χ2v) is 13.4. The lowest BCUT2D eigenvalue weighted by molar-refractivity contribution is -0.119. The van der Waals surface area contributed by atoms with Crippen LogP contribution in [0.25, 0.3) is 11.2 Å². The lowest BCUT2D eigenvalue weighted by Crippen LogP contribution is -2.37. The first-order valence-corrected chi connectivity index (χ1v) is 19.1. The number of nitrogen functional groups attached to an aromatic ring is 1. The summed E-state index contributed by atoms with van der Waals surface area (Å²) in [5, 5.41) is 20.9. The number of aliphatic hydroxyl groups excluding tert-OH is 2. The average Bonchev–Trinajstić information content (AvgIpc) is 3.68. The third-order valence-electron chi connectivity index (χ3n) is 8.59. The molecule has 0 unspecified atom stereocenters. The summed E-state index contributed by atoms with van der Waals surface area (Å²) in [5.74, 6) is 0.912. The minimum absolute atomic E-state index is 0.0326. The van der Waals surface area contributed by atoms with E-state index in [4.69, 9.17) is 24.1 Å². The van der Waals surface area contributed by atoms with Gasteiger partial charge in [-0.2, -0.15) is 8.42 Å². The van der Waals surface area contributed by atoms with Gasteiger partial charge in [0.15, 0.2) is 29.2 Å². The normalized spacial score (nSPS) is 18.8. The minimum atomic E-state index is -4.45. The summed E-state index contributed by atoms with van der Waals surface area (Å²) >= 11 is 0. The van der Waals surface area contributed by atoms with Gasteiger partial charge in [-0.25, -0.2) is 19.7 Å². The Kier molecular flexibility index (Phi) is 17.8. The zero-order valence-electron chi connectivity index (χ0n) is 30.1. The summed E-state index contributed by atoms with van der Waals surface area (Å²) < 4.78 is 49.4. The Balaban J connectivity index is 0.000000908. The standard InChI is InChI=1S/C28H40N6O9S.C6H15N/c1-40-19-12-9-10-13-20(19)41-15-11-7-5-3-2-4-6-8-14-22(35)33-44(38,39)42-16-21-24(36)25(37)28(43-21)34-18-32-23-26(29)30-17-31-27(23)34;1-4-7(5-2)6-3/h9-10,12-13,17-18,21,24-25,28,36-37H,2-8,11,14-16H2,1H3,(H,33,35)(H2,29,30,31);4-6H2,1-3H3/t21-,24-,25-,28-;/m1./s1. The zero-order valence-corrected chi connectivity index (χ0v) is 31.0. The van der Waals surface area contributed by atoms with Gasteiger partial charge < -0.3 is 35.1 Å². The van der Waals surface area contributed by atoms with E-state index in [9.17, 15) is 23.4 Å². The monoisotopic (exact) mass is 737 g/mol. The Bertz CT molecular complexity index is 1570. The average molecular weight is 738 g/mol. The Hall–Kier alpha value is -3.61. The predicted molar refractivity (Wildman–Crippen MR) is 192 cm³/mol. The topological polar surface area (TPSA) is 213 Å². The number of fused-ring (bicyclic) bond motifs is 1. The number of nitrogens with one attached hydrogen (secondary N) is 1. The van der Waals surface area contributed by atoms with Crippen LogP contribution >= 0.6 is 0 Å². The van der Waals surface area contributed by atoms with Gasteiger partial charge in [0.25, 0.3) is 0 Å². The van der Waals surface area contributed by atoms with E-state index < -0.39 is 47.4 Å². The number of anilines is 1. The molecule has 0 bridgehead atoms. The second-order valence-electron chi connectivity index (χ2n) is 12.1. The number of hydrogen-bond donors (Lipinski definition) is 4. The van der Waals surface area contributed by atoms with Gasteiger partial charge in [0.1, 0.15) is 30.2 Å². The first-order valence-electron chi connectivity index (χ1n) is 17.7. The number of methoxy groups -OCH3 is 1. The summed E-state index contributed by atoms with van der Waals surface area (Å²) in [6, 6.07) is 7.57. The van der Waals surface area contributed by atoms with Gasteiger partial charge in [-0.1, -0.05) is 71.4 Å². The van der Waals surface area contributed by atoms with E-state index in [0.717, 1.165) is 56.4 Å². The molecule has 0 spiro atoms. The number of hydrogen-bond acceptors (Lipinski definition) is 14. The molecule has 1 fully saturated rings. The largest absolute Gasteiger partial charge is 0.493 e. The van der Waals surface area contributed by atoms with Crippen molar-refractivity contribution < 1.29 is 41.8 Å². The third kappa shape index (κ3) is 13.1. The van der Waals surface area contributed by atoms with Gasteiger partial charge in [-0.3, -0.25) is 13.5 Å². The molecule has 2 aromatic heterocycles. The molecule has 0 saturated carbocycles. The van der Waals surface area contributed by atoms with E-state index in [2.05, 4.69) is 40.6 Å². The maximum absolute atomic E-state index is 12.3. The van der Waals surface area contributed by atoms with Crippen LogP contribution in [0.4, 0.5) is 5.82 Å². The van der Waals surface area contributed by atoms with Crippen molar-refractivity contribution in [2.24, 2.45) is 0 Å². The molecule has 3 aromatic rings. The number of carbonyl (C=O) groups is 1. The summed E-state index contributed by atoms with van der Waals surface area (Å²) in [6.45, 7) is 10.1. The highest BCUT2D eigenvalue weighted by atomic mass is 32.2. The number of imidazole rings is 1. The SMILES string of the molecule is CCN(CC)CC.COc1ccccc1OCCCCCCCCCCC(=O)NS(=O)(=O)OC[C@H]1O[C@@H](n2cnc3c(N)ncnc32)[C@H](O)[C@@H]1O. The molecule has 1 aliphatic rings. The van der Waals surface area contributed by atoms with Gasteiger partial charge in [0.2, 0.25) is 5.91 Å². The van der Waals surface area contributed by atoms with Crippen LogP contribution in [0.2, 0.25) is 0 Å². The molecule has 4 atom stereocenters. The number of unbranched alkanes of at least 4 members (excludes halogenated alkanes) is 7. The number of para-hydroxylation sites is 2. The van der Waals surface area contributed by atoms with Crippen molar-refractivity contribution in [3.63, 3.8) is 0 Å². The predicted octanol–water partition coefficient (Wildman–Crippen LogP) is 3.35. The summed E-state index contributed by atoms with van der Waals surface area (Å²) in [5.41, 5.74) is 6.33. The quantitative estimate of drug-likeness (QED) is 0.116. The molecule has 1 saturated heterocycles. The highest BCUT2D eigenvalue weighted by molar-refractivity contribution is 7.85. The molecule has 4 rings (SSSR count). The molecule has 17 heteroatoms. The second kappa shape index (κ2) is 21.7. The highest BCUT2D eigenvalue weighted by Crippen LogP contribution is 2.32. The number of ether oxygens (including phenoxy) is 3. The van der Waals surface area contributed by atoms with Gasteiger partial charge in [-0.15, -0.1) is 0 Å². The number of benzene rings is 1. The molecule has 16 nitrogen and oxygen atoms in total. The number of aliphatic hydroxyl groups is 2. The van der Waals surface area contributed by atoms with E-state index in [1.54, 1.807) is 7.11 Å². The Labute approximate surface area is 300 Å².